The molecule has 70 valence electrons. The van der Waals surface area contributed by atoms with E-state index in [-0.39, 0.29) is 47.8 Å². The monoisotopic (exact) mass is 205 g/mol. The molecular weight excluding hydrogens is 197 g/mol. The van der Waals surface area contributed by atoms with E-state index in [0.717, 1.165) is 6.07 Å². The molecule has 1 aromatic carbocycles. The number of carboxylic acid groups (broad SMARTS) is 2. The standard InChI is InChI=1S/C8H7NO4.Na.H/c9-6-2-4(7(10)11)1-5(3-6)8(12)13;;/h1-3H,9H2,(H,10,11)(H,12,13);;/q;+1;-1. The van der Waals surface area contributed by atoms with Gasteiger partial charge in [-0.1, -0.05) is 0 Å². The van der Waals surface area contributed by atoms with Crippen molar-refractivity contribution in [3.8, 4) is 0 Å². The fraction of sp³-hybridized carbons (Fsp3) is 0. The van der Waals surface area contributed by atoms with Crippen molar-refractivity contribution in [2.75, 3.05) is 5.73 Å². The molecule has 6 heteroatoms. The minimum atomic E-state index is -1.20. The molecule has 14 heavy (non-hydrogen) atoms. The second-order valence-electron chi connectivity index (χ2n) is 2.45. The summed E-state index contributed by atoms with van der Waals surface area (Å²) in [7, 11) is 0. The zero-order valence-corrected chi connectivity index (χ0v) is 9.52. The number of nitrogen functional groups attached to an aromatic ring is 1. The molecule has 0 aromatic heterocycles. The van der Waals surface area contributed by atoms with Gasteiger partial charge in [-0.15, -0.1) is 0 Å². The number of benzene rings is 1. The number of rotatable bonds is 2. The Morgan fingerprint density at radius 2 is 1.43 bits per heavy atom. The summed E-state index contributed by atoms with van der Waals surface area (Å²) in [6.07, 6.45) is 0. The number of hydrogen-bond acceptors (Lipinski definition) is 3. The zero-order valence-electron chi connectivity index (χ0n) is 8.52. The molecule has 0 aliphatic heterocycles. The van der Waals surface area contributed by atoms with Gasteiger partial charge < -0.3 is 17.4 Å². The molecule has 0 unspecified atom stereocenters. The fourth-order valence-corrected chi connectivity index (χ4v) is 0.899. The van der Waals surface area contributed by atoms with Crippen molar-refractivity contribution >= 4 is 17.6 Å². The average Bonchev–Trinajstić information content (AvgIpc) is 2.03. The maximum Gasteiger partial charge on any atom is 1.00 e. The molecule has 0 bridgehead atoms. The van der Waals surface area contributed by atoms with Gasteiger partial charge in [0.25, 0.3) is 0 Å². The molecule has 0 saturated carbocycles. The van der Waals surface area contributed by atoms with Crippen molar-refractivity contribution in [1.29, 1.82) is 0 Å². The molecule has 0 aliphatic rings. The van der Waals surface area contributed by atoms with Gasteiger partial charge in [-0.2, -0.15) is 0 Å². The van der Waals surface area contributed by atoms with E-state index in [4.69, 9.17) is 15.9 Å². The Labute approximate surface area is 103 Å². The average molecular weight is 205 g/mol. The van der Waals surface area contributed by atoms with Crippen LogP contribution in [0.2, 0.25) is 0 Å². The van der Waals surface area contributed by atoms with Crippen molar-refractivity contribution < 1.29 is 50.8 Å². The van der Waals surface area contributed by atoms with Crippen LogP contribution in [-0.4, -0.2) is 22.2 Å². The molecule has 5 nitrogen and oxygen atoms in total. The Kier molecular flexibility index (Phi) is 4.62. The third kappa shape index (κ3) is 3.02. The number of carbonyl (C=O) groups is 2. The maximum absolute atomic E-state index is 10.5. The SMILES string of the molecule is Nc1cc(C(=O)O)cc(C(=O)O)c1.[H-].[Na+]. The van der Waals surface area contributed by atoms with Gasteiger partial charge in [0.15, 0.2) is 0 Å². The Morgan fingerprint density at radius 3 is 1.71 bits per heavy atom. The number of hydrogen-bond donors (Lipinski definition) is 3. The number of nitrogens with two attached hydrogens (primary N) is 1. The Bertz CT molecular complexity index is 351. The van der Waals surface area contributed by atoms with Gasteiger partial charge in [-0.3, -0.25) is 0 Å². The van der Waals surface area contributed by atoms with Crippen molar-refractivity contribution in [2.45, 2.75) is 0 Å². The Balaban J connectivity index is 0. The summed E-state index contributed by atoms with van der Waals surface area (Å²) in [6, 6.07) is 3.46. The van der Waals surface area contributed by atoms with Crippen molar-refractivity contribution in [3.63, 3.8) is 0 Å². The molecule has 0 heterocycles. The van der Waals surface area contributed by atoms with E-state index in [0.29, 0.717) is 0 Å². The van der Waals surface area contributed by atoms with Gasteiger partial charge in [0.2, 0.25) is 0 Å². The minimum Gasteiger partial charge on any atom is -1.00 e. The largest absolute Gasteiger partial charge is 1.00 e. The first-order valence-electron chi connectivity index (χ1n) is 3.38. The fourth-order valence-electron chi connectivity index (χ4n) is 0.899. The van der Waals surface area contributed by atoms with Gasteiger partial charge in [0, 0.05) is 5.69 Å². The molecule has 1 aromatic rings. The van der Waals surface area contributed by atoms with Crippen LogP contribution in [0.3, 0.4) is 0 Å². The van der Waals surface area contributed by atoms with Gasteiger partial charge >= 0.3 is 41.5 Å². The van der Waals surface area contributed by atoms with E-state index in [1.807, 2.05) is 0 Å². The normalized spacial score (nSPS) is 8.86. The summed E-state index contributed by atoms with van der Waals surface area (Å²) >= 11 is 0. The molecule has 0 saturated heterocycles. The molecule has 0 aliphatic carbocycles. The van der Waals surface area contributed by atoms with Crippen LogP contribution < -0.4 is 35.3 Å². The minimum absolute atomic E-state index is 0. The van der Waals surface area contributed by atoms with Gasteiger partial charge in [-0.25, -0.2) is 9.59 Å². The molecule has 0 amide bonds. The van der Waals surface area contributed by atoms with Crippen LogP contribution in [0.1, 0.15) is 22.1 Å². The maximum atomic E-state index is 10.5. The van der Waals surface area contributed by atoms with E-state index in [1.54, 1.807) is 0 Å². The van der Waals surface area contributed by atoms with E-state index < -0.39 is 11.9 Å². The zero-order chi connectivity index (χ0) is 10.0. The predicted molar refractivity (Wildman–Crippen MR) is 45.9 cm³/mol. The Hall–Kier alpha value is -1.04. The van der Waals surface area contributed by atoms with Crippen LogP contribution in [0.4, 0.5) is 5.69 Å². The number of aromatic carboxylic acids is 2. The van der Waals surface area contributed by atoms with E-state index in [9.17, 15) is 9.59 Å². The van der Waals surface area contributed by atoms with Crippen molar-refractivity contribution in [3.05, 3.63) is 29.3 Å². The third-order valence-corrected chi connectivity index (χ3v) is 1.45. The van der Waals surface area contributed by atoms with Crippen LogP contribution >= 0.6 is 0 Å². The smallest absolute Gasteiger partial charge is 1.00 e. The summed E-state index contributed by atoms with van der Waals surface area (Å²) in [5, 5.41) is 17.1. The summed E-state index contributed by atoms with van der Waals surface area (Å²) in [4.78, 5) is 21.0. The quantitative estimate of drug-likeness (QED) is 0.375. The van der Waals surface area contributed by atoms with Crippen molar-refractivity contribution in [1.82, 2.24) is 0 Å². The predicted octanol–water partition coefficient (Wildman–Crippen LogP) is -2.22. The molecular formula is C8H8NNaO4. The van der Waals surface area contributed by atoms with Gasteiger partial charge in [-0.05, 0) is 18.2 Å². The van der Waals surface area contributed by atoms with Crippen LogP contribution in [0.25, 0.3) is 0 Å². The number of carboxylic acids is 2. The molecule has 0 spiro atoms. The third-order valence-electron chi connectivity index (χ3n) is 1.45. The van der Waals surface area contributed by atoms with Crippen LogP contribution in [0, 0.1) is 0 Å². The first-order valence-corrected chi connectivity index (χ1v) is 3.38. The first kappa shape index (κ1) is 13.0. The van der Waals surface area contributed by atoms with Gasteiger partial charge in [0.05, 0.1) is 11.1 Å². The molecule has 0 radical (unpaired) electrons. The van der Waals surface area contributed by atoms with E-state index in [2.05, 4.69) is 0 Å². The van der Waals surface area contributed by atoms with Crippen LogP contribution in [0.5, 0.6) is 0 Å². The Morgan fingerprint density at radius 1 is 1.07 bits per heavy atom. The molecule has 0 fully saturated rings. The van der Waals surface area contributed by atoms with Crippen LogP contribution in [-0.2, 0) is 0 Å². The summed E-state index contributed by atoms with van der Waals surface area (Å²) in [6.45, 7) is 0. The summed E-state index contributed by atoms with van der Waals surface area (Å²) < 4.78 is 0. The molecule has 1 rings (SSSR count). The number of anilines is 1. The van der Waals surface area contributed by atoms with Crippen LogP contribution in [0.15, 0.2) is 18.2 Å². The molecule has 0 atom stereocenters. The van der Waals surface area contributed by atoms with E-state index in [1.165, 1.54) is 12.1 Å². The van der Waals surface area contributed by atoms with Gasteiger partial charge in [0.1, 0.15) is 0 Å². The first-order chi connectivity index (χ1) is 6.00. The summed E-state index contributed by atoms with van der Waals surface area (Å²) in [5.41, 5.74) is 5.18. The molecule has 4 N–H and O–H groups in total. The topological polar surface area (TPSA) is 101 Å². The second kappa shape index (κ2) is 4.99. The van der Waals surface area contributed by atoms with Crippen molar-refractivity contribution in [2.24, 2.45) is 0 Å². The summed E-state index contributed by atoms with van der Waals surface area (Å²) in [5.74, 6) is -2.40. The second-order valence-corrected chi connectivity index (χ2v) is 2.45. The van der Waals surface area contributed by atoms with E-state index >= 15 is 0 Å².